The van der Waals surface area contributed by atoms with Gasteiger partial charge in [0.25, 0.3) is 0 Å². The summed E-state index contributed by atoms with van der Waals surface area (Å²) in [6.45, 7) is 9.19. The molecule has 3 saturated carbocycles. The first-order chi connectivity index (χ1) is 41.2. The minimum Gasteiger partial charge on any atom is -0.481 e. The fourth-order valence-electron chi connectivity index (χ4n) is 13.8. The molecule has 0 radical (unpaired) electrons. The van der Waals surface area contributed by atoms with Crippen LogP contribution in [0.15, 0.2) is 12.2 Å². The Morgan fingerprint density at radius 3 is 1.90 bits per heavy atom. The number of nitrogens with zero attached hydrogens (tertiary/aromatic N) is 8. The van der Waals surface area contributed by atoms with Crippen LogP contribution in [0, 0.1) is 17.8 Å². The number of allylic oxidation sites excluding steroid dienone is 1. The number of morpholine rings is 1. The molecule has 6 aliphatic rings. The highest BCUT2D eigenvalue weighted by atomic mass is 19.1. The van der Waals surface area contributed by atoms with E-state index in [-0.39, 0.29) is 88.1 Å². The topological polar surface area (TPSA) is 267 Å². The summed E-state index contributed by atoms with van der Waals surface area (Å²) in [5.41, 5.74) is -4.03. The second kappa shape index (κ2) is 31.3. The van der Waals surface area contributed by atoms with E-state index in [0.717, 1.165) is 68.1 Å². The molecule has 6 fully saturated rings. The van der Waals surface area contributed by atoms with E-state index in [1.54, 1.807) is 20.9 Å². The van der Waals surface area contributed by atoms with Crippen LogP contribution in [-0.4, -0.2) is 244 Å². The molecular weight excluding hydrogens is 1120 g/mol. The number of alkyl halides is 1. The van der Waals surface area contributed by atoms with Crippen LogP contribution in [0.3, 0.4) is 0 Å². The van der Waals surface area contributed by atoms with Crippen molar-refractivity contribution in [2.75, 3.05) is 81.2 Å². The van der Waals surface area contributed by atoms with Crippen molar-refractivity contribution in [3.63, 3.8) is 0 Å². The highest BCUT2D eigenvalue weighted by Crippen LogP contribution is 2.38. The number of likely N-dealkylation sites (tertiary alicyclic amines) is 2. The largest absolute Gasteiger partial charge is 0.481 e. The van der Waals surface area contributed by atoms with Crippen molar-refractivity contribution in [1.29, 1.82) is 0 Å². The van der Waals surface area contributed by atoms with Gasteiger partial charge in [-0.05, 0) is 95.5 Å². The van der Waals surface area contributed by atoms with Crippen LogP contribution < -0.4 is 10.6 Å². The third-order valence-electron chi connectivity index (χ3n) is 19.8. The number of carbonyl (C=O) groups is 11. The van der Waals surface area contributed by atoms with Gasteiger partial charge < -0.3 is 59.7 Å². The number of amides is 10. The molecule has 0 aromatic heterocycles. The summed E-state index contributed by atoms with van der Waals surface area (Å²) in [6, 6.07) is -8.26. The lowest BCUT2D eigenvalue weighted by atomic mass is 9.84. The number of carboxylic acids is 1. The van der Waals surface area contributed by atoms with Gasteiger partial charge in [-0.1, -0.05) is 91.1 Å². The fourth-order valence-corrected chi connectivity index (χ4v) is 13.8. The number of rotatable bonds is 27. The standard InChI is InChI=1S/C63H101FN10O13/c1-11-13-28-62(5,64)53(65-49(75)40-67(6)56(81)47(38-43-22-15-14-16-23-43)69(8)57(82)46-27-32-74(46)55(80)42(4)68(7)50(76)37-41(3)12-2)60(85)73-31-21-26-45(73)54(79)66-63(29-19-20-30-63)61(86)71(10)52(44-24-17-18-25-44)59(84)70(9)48(39-51(77)78)58(83)72-33-35-87-36-34-72/h13,28,41-48,52-53H,11-12,14-27,29-40H2,1-10H3,(H,65,75)(H,66,79)(H,77,78)/b28-13-/t41-,42-,45-,46-,47-,48-,52-,53+,62?/m0/s1. The van der Waals surface area contributed by atoms with E-state index in [9.17, 15) is 53.1 Å². The van der Waals surface area contributed by atoms with Crippen LogP contribution in [0.25, 0.3) is 0 Å². The summed E-state index contributed by atoms with van der Waals surface area (Å²) >= 11 is 0. The van der Waals surface area contributed by atoms with Crippen LogP contribution >= 0.6 is 0 Å². The zero-order valence-electron chi connectivity index (χ0n) is 53.5. The Morgan fingerprint density at radius 2 is 1.31 bits per heavy atom. The molecule has 87 heavy (non-hydrogen) atoms. The molecule has 3 saturated heterocycles. The van der Waals surface area contributed by atoms with Crippen molar-refractivity contribution in [2.45, 2.75) is 223 Å². The maximum absolute atomic E-state index is 17.2. The molecule has 0 aromatic carbocycles. The number of hydrogen-bond donors (Lipinski definition) is 3. The molecule has 3 N–H and O–H groups in total. The Balaban J connectivity index is 1.18. The zero-order valence-corrected chi connectivity index (χ0v) is 53.5. The molecule has 3 aliphatic carbocycles. The van der Waals surface area contributed by atoms with E-state index in [4.69, 9.17) is 4.74 Å². The lowest BCUT2D eigenvalue weighted by Crippen LogP contribution is -2.65. The van der Waals surface area contributed by atoms with Gasteiger partial charge >= 0.3 is 5.97 Å². The normalized spacial score (nSPS) is 22.6. The maximum atomic E-state index is 17.2. The van der Waals surface area contributed by atoms with Crippen molar-refractivity contribution in [3.05, 3.63) is 12.2 Å². The SMILES string of the molecule is CC/C=C\C(C)(F)[C@H](NC(=O)CN(C)C(=O)[C@H](CC1CCCCC1)N(C)C(=O)[C@@H]1CCN1C(=O)[C@H](C)N(C)C(=O)C[C@@H](C)CC)C(=O)N1CCC[C@H]1C(=O)NC1(C(=O)N(C)[C@H](C(=O)N(C)[C@@H](CC(=O)O)C(=O)N2CCOCC2)C2CCCC2)CCCC1. The van der Waals surface area contributed by atoms with Gasteiger partial charge in [0.15, 0.2) is 5.67 Å². The molecule has 24 heteroatoms. The van der Waals surface area contributed by atoms with Gasteiger partial charge in [0.1, 0.15) is 47.8 Å². The summed E-state index contributed by atoms with van der Waals surface area (Å²) in [5, 5.41) is 15.5. The zero-order chi connectivity index (χ0) is 64.1. The molecule has 6 rings (SSSR count). The quantitative estimate of drug-likeness (QED) is 0.0987. The Bertz CT molecular complexity index is 2510. The molecule has 0 aromatic rings. The number of nitrogens with one attached hydrogen (secondary N) is 2. The predicted octanol–water partition coefficient (Wildman–Crippen LogP) is 3.90. The molecular formula is C63H101FN10O13. The Hall–Kier alpha value is -6.20. The lowest BCUT2D eigenvalue weighted by molar-refractivity contribution is -0.160. The summed E-state index contributed by atoms with van der Waals surface area (Å²) in [7, 11) is 7.39. The third kappa shape index (κ3) is 17.0. The average molecular weight is 1230 g/mol. The minimum absolute atomic E-state index is 0.0145. The monoisotopic (exact) mass is 1220 g/mol. The molecule has 3 aliphatic heterocycles. The van der Waals surface area contributed by atoms with E-state index in [1.165, 1.54) is 69.7 Å². The molecule has 10 amide bonds. The van der Waals surface area contributed by atoms with E-state index >= 15 is 9.18 Å². The van der Waals surface area contributed by atoms with Gasteiger partial charge in [0.2, 0.25) is 59.1 Å². The second-order valence-electron chi connectivity index (χ2n) is 26.0. The van der Waals surface area contributed by atoms with E-state index < -0.39 is 120 Å². The number of carboxylic acid groups (broad SMARTS) is 1. The molecule has 488 valence electrons. The Morgan fingerprint density at radius 1 is 0.690 bits per heavy atom. The first-order valence-electron chi connectivity index (χ1n) is 32.2. The molecule has 0 spiro atoms. The Kier molecular flexibility index (Phi) is 25.2. The van der Waals surface area contributed by atoms with Crippen molar-refractivity contribution in [1.82, 2.24) is 49.8 Å². The van der Waals surface area contributed by atoms with Crippen LogP contribution in [0.1, 0.15) is 169 Å². The third-order valence-corrected chi connectivity index (χ3v) is 19.8. The van der Waals surface area contributed by atoms with E-state index in [2.05, 4.69) is 10.6 Å². The molecule has 0 bridgehead atoms. The molecule has 1 unspecified atom stereocenters. The summed E-state index contributed by atoms with van der Waals surface area (Å²) in [5.74, 6) is -7.06. The molecule has 3 heterocycles. The fraction of sp³-hybridized carbons (Fsp3) is 0.794. The van der Waals surface area contributed by atoms with Gasteiger partial charge in [-0.25, -0.2) is 4.39 Å². The first-order valence-corrected chi connectivity index (χ1v) is 32.2. The number of halogens is 1. The van der Waals surface area contributed by atoms with Crippen molar-refractivity contribution < 1.29 is 67.0 Å². The molecule has 9 atom stereocenters. The van der Waals surface area contributed by atoms with E-state index in [1.807, 2.05) is 13.8 Å². The van der Waals surface area contributed by atoms with Gasteiger partial charge in [-0.15, -0.1) is 0 Å². The highest BCUT2D eigenvalue weighted by molar-refractivity contribution is 6.00. The smallest absolute Gasteiger partial charge is 0.305 e. The average Bonchev–Trinajstić information content (AvgIpc) is 2.30. The summed E-state index contributed by atoms with van der Waals surface area (Å²) in [4.78, 5) is 167. The summed E-state index contributed by atoms with van der Waals surface area (Å²) in [6.07, 6.45) is 13.6. The maximum Gasteiger partial charge on any atom is 0.305 e. The van der Waals surface area contributed by atoms with Crippen LogP contribution in [0.5, 0.6) is 0 Å². The highest BCUT2D eigenvalue weighted by Gasteiger charge is 2.52. The van der Waals surface area contributed by atoms with Crippen molar-refractivity contribution >= 4 is 65.0 Å². The molecule has 23 nitrogen and oxygen atoms in total. The van der Waals surface area contributed by atoms with Crippen molar-refractivity contribution in [3.8, 4) is 0 Å². The first kappa shape index (κ1) is 69.9. The van der Waals surface area contributed by atoms with Gasteiger partial charge in [0, 0.05) is 67.8 Å². The Labute approximate surface area is 514 Å². The van der Waals surface area contributed by atoms with Gasteiger partial charge in [-0.3, -0.25) is 52.7 Å². The second-order valence-corrected chi connectivity index (χ2v) is 26.0. The minimum atomic E-state index is -2.51. The van der Waals surface area contributed by atoms with Gasteiger partial charge in [-0.2, -0.15) is 0 Å². The number of likely N-dealkylation sites (N-methyl/N-ethyl adjacent to an activating group) is 5. The summed E-state index contributed by atoms with van der Waals surface area (Å²) < 4.78 is 22.6. The predicted molar refractivity (Wildman–Crippen MR) is 321 cm³/mol. The number of hydrogen-bond acceptors (Lipinski definition) is 12. The number of ether oxygens (including phenoxy) is 1. The van der Waals surface area contributed by atoms with Crippen molar-refractivity contribution in [2.24, 2.45) is 17.8 Å². The lowest BCUT2D eigenvalue weighted by Gasteiger charge is -2.45. The van der Waals surface area contributed by atoms with Crippen LogP contribution in [0.2, 0.25) is 0 Å². The van der Waals surface area contributed by atoms with Gasteiger partial charge in [0.05, 0.1) is 26.2 Å². The van der Waals surface area contributed by atoms with E-state index in [0.29, 0.717) is 57.9 Å². The van der Waals surface area contributed by atoms with Crippen LogP contribution in [0.4, 0.5) is 4.39 Å². The van der Waals surface area contributed by atoms with Crippen LogP contribution in [-0.2, 0) is 57.5 Å². The number of aliphatic carboxylic acids is 1. The number of carbonyl (C=O) groups excluding carboxylic acids is 10.